The molecule has 4 unspecified atom stereocenters. The lowest BCUT2D eigenvalue weighted by molar-refractivity contribution is -0.137. The Labute approximate surface area is 191 Å². The van der Waals surface area contributed by atoms with Gasteiger partial charge >= 0.3 is 6.18 Å². The molecule has 1 N–H and O–H groups in total. The molecule has 6 rings (SSSR count). The average Bonchev–Trinajstić information content (AvgIpc) is 3.14. The molecular weight excluding hydrogens is 451 g/mol. The number of pyridine rings is 2. The molecule has 3 fully saturated rings. The van der Waals surface area contributed by atoms with Gasteiger partial charge in [0.2, 0.25) is 0 Å². The summed E-state index contributed by atoms with van der Waals surface area (Å²) in [5.74, 6) is 0.735. The Hall–Kier alpha value is -3.01. The molecule has 1 spiro atoms. The predicted molar refractivity (Wildman–Crippen MR) is 117 cm³/mol. The number of aryl methyl sites for hydroxylation is 1. The second-order valence-corrected chi connectivity index (χ2v) is 10.1. The second kappa shape index (κ2) is 6.99. The molecule has 1 aliphatic heterocycles. The largest absolute Gasteiger partial charge is 0.417 e. The van der Waals surface area contributed by atoms with E-state index in [0.717, 1.165) is 41.2 Å². The number of anilines is 1. The van der Waals surface area contributed by atoms with E-state index in [9.17, 15) is 18.0 Å². The highest BCUT2D eigenvalue weighted by atomic mass is 32.1. The number of aromatic nitrogens is 3. The van der Waals surface area contributed by atoms with Crippen molar-refractivity contribution in [3.8, 4) is 10.6 Å². The molecular formula is C23H20F3N5OS. The Morgan fingerprint density at radius 2 is 2.06 bits per heavy atom. The van der Waals surface area contributed by atoms with E-state index in [0.29, 0.717) is 24.0 Å². The number of nitrogens with zero attached hydrogens (tertiary/aromatic N) is 4. The maximum Gasteiger partial charge on any atom is 0.417 e. The van der Waals surface area contributed by atoms with Crippen LogP contribution in [-0.4, -0.2) is 44.4 Å². The van der Waals surface area contributed by atoms with Crippen LogP contribution in [0.4, 0.5) is 19.0 Å². The highest BCUT2D eigenvalue weighted by molar-refractivity contribution is 7.13. The first-order valence-electron chi connectivity index (χ1n) is 10.7. The minimum atomic E-state index is -4.42. The van der Waals surface area contributed by atoms with Crippen molar-refractivity contribution in [3.05, 3.63) is 59.0 Å². The average molecular weight is 472 g/mol. The number of carbonyl (C=O) groups excluding carboxylic acids is 1. The molecule has 0 aromatic carbocycles. The molecule has 1 amide bonds. The molecule has 3 aromatic rings. The van der Waals surface area contributed by atoms with Crippen molar-refractivity contribution in [1.82, 2.24) is 19.9 Å². The molecule has 0 bridgehead atoms. The highest BCUT2D eigenvalue weighted by Crippen LogP contribution is 2.71. The summed E-state index contributed by atoms with van der Waals surface area (Å²) in [5.41, 5.74) is 1.42. The number of rotatable bonds is 4. The number of hydrogen-bond acceptors (Lipinski definition) is 6. The van der Waals surface area contributed by atoms with Crippen LogP contribution in [0.25, 0.3) is 10.6 Å². The Morgan fingerprint density at radius 1 is 1.21 bits per heavy atom. The molecule has 33 heavy (non-hydrogen) atoms. The van der Waals surface area contributed by atoms with Crippen molar-refractivity contribution >= 4 is 23.1 Å². The third-order valence-electron chi connectivity index (χ3n) is 7.18. The van der Waals surface area contributed by atoms with E-state index in [2.05, 4.69) is 20.3 Å². The Morgan fingerprint density at radius 3 is 2.76 bits per heavy atom. The smallest absolute Gasteiger partial charge is 0.365 e. The second-order valence-electron chi connectivity index (χ2n) is 9.17. The summed E-state index contributed by atoms with van der Waals surface area (Å²) in [6.07, 6.45) is 1.79. The Kier molecular flexibility index (Phi) is 4.36. The molecule has 2 aliphatic carbocycles. The van der Waals surface area contributed by atoms with Gasteiger partial charge in [-0.2, -0.15) is 13.2 Å². The van der Waals surface area contributed by atoms with Crippen LogP contribution in [0.1, 0.15) is 34.5 Å². The first-order chi connectivity index (χ1) is 15.8. The van der Waals surface area contributed by atoms with Crippen molar-refractivity contribution in [3.63, 3.8) is 0 Å². The quantitative estimate of drug-likeness (QED) is 0.600. The monoisotopic (exact) mass is 471 g/mol. The maximum absolute atomic E-state index is 13.7. The van der Waals surface area contributed by atoms with Gasteiger partial charge in [-0.1, -0.05) is 0 Å². The number of thiazole rings is 1. The van der Waals surface area contributed by atoms with Gasteiger partial charge in [-0.25, -0.2) is 9.97 Å². The number of likely N-dealkylation sites (tertiary alicyclic amines) is 1. The third kappa shape index (κ3) is 3.22. The van der Waals surface area contributed by atoms with Gasteiger partial charge in [-0.15, -0.1) is 11.3 Å². The zero-order chi connectivity index (χ0) is 23.0. The van der Waals surface area contributed by atoms with E-state index in [-0.39, 0.29) is 23.4 Å². The zero-order valence-corrected chi connectivity index (χ0v) is 18.5. The predicted octanol–water partition coefficient (Wildman–Crippen LogP) is 4.64. The summed E-state index contributed by atoms with van der Waals surface area (Å²) in [6.45, 7) is 2.61. The molecule has 3 aromatic heterocycles. The van der Waals surface area contributed by atoms with Crippen LogP contribution < -0.4 is 5.32 Å². The summed E-state index contributed by atoms with van der Waals surface area (Å²) >= 11 is 1.46. The van der Waals surface area contributed by atoms with Crippen molar-refractivity contribution in [2.45, 2.75) is 38.0 Å². The van der Waals surface area contributed by atoms with Crippen LogP contribution in [0.15, 0.2) is 42.2 Å². The Bertz CT molecular complexity index is 1230. The van der Waals surface area contributed by atoms with Crippen LogP contribution in [0.5, 0.6) is 0 Å². The summed E-state index contributed by atoms with van der Waals surface area (Å²) < 4.78 is 38.5. The SMILES string of the molecule is Cc1cnc(C(=O)N2CC3CC34CC(Nc3ccc(C(F)(F)F)cn3)C24)c(-c2nccs2)c1. The molecule has 10 heteroatoms. The van der Waals surface area contributed by atoms with Crippen LogP contribution in [0, 0.1) is 18.3 Å². The van der Waals surface area contributed by atoms with Crippen molar-refractivity contribution in [2.24, 2.45) is 11.3 Å². The van der Waals surface area contributed by atoms with Gasteiger partial charge in [-0.05, 0) is 54.9 Å². The van der Waals surface area contributed by atoms with Crippen LogP contribution in [0.2, 0.25) is 0 Å². The number of halogens is 3. The standard InChI is InChI=1S/C23H20F3N5OS/c1-12-6-15(20-27-4-5-33-20)18(29-9-12)21(32)31-11-14-7-22(14)8-16(19(22)31)30-17-3-2-13(10-28-17)23(24,25)26/h2-6,9-10,14,16,19H,7-8,11H2,1H3,(H,28,30). The summed E-state index contributed by atoms with van der Waals surface area (Å²) in [6, 6.07) is 4.23. The topological polar surface area (TPSA) is 71.0 Å². The molecule has 4 atom stereocenters. The van der Waals surface area contributed by atoms with Crippen molar-refractivity contribution in [1.29, 1.82) is 0 Å². The lowest BCUT2D eigenvalue weighted by Gasteiger charge is -2.48. The van der Waals surface area contributed by atoms with E-state index >= 15 is 0 Å². The Balaban J connectivity index is 1.25. The normalized spacial score (nSPS) is 27.5. The third-order valence-corrected chi connectivity index (χ3v) is 7.98. The van der Waals surface area contributed by atoms with E-state index < -0.39 is 11.7 Å². The molecule has 0 radical (unpaired) electrons. The molecule has 6 nitrogen and oxygen atoms in total. The summed E-state index contributed by atoms with van der Waals surface area (Å²) in [4.78, 5) is 28.3. The van der Waals surface area contributed by atoms with Gasteiger partial charge in [-0.3, -0.25) is 9.78 Å². The molecule has 170 valence electrons. The van der Waals surface area contributed by atoms with Crippen LogP contribution in [0.3, 0.4) is 0 Å². The number of alkyl halides is 3. The number of amides is 1. The maximum atomic E-state index is 13.7. The molecule has 2 saturated carbocycles. The molecule has 1 saturated heterocycles. The van der Waals surface area contributed by atoms with Gasteiger partial charge in [0.1, 0.15) is 16.5 Å². The van der Waals surface area contributed by atoms with E-state index in [1.807, 2.05) is 23.3 Å². The fourth-order valence-corrected chi connectivity index (χ4v) is 6.25. The highest BCUT2D eigenvalue weighted by Gasteiger charge is 2.75. The van der Waals surface area contributed by atoms with Crippen LogP contribution >= 0.6 is 11.3 Å². The lowest BCUT2D eigenvalue weighted by atomic mass is 9.71. The van der Waals surface area contributed by atoms with Gasteiger partial charge in [0, 0.05) is 42.1 Å². The first-order valence-corrected chi connectivity index (χ1v) is 11.6. The van der Waals surface area contributed by atoms with Crippen molar-refractivity contribution in [2.75, 3.05) is 11.9 Å². The fraction of sp³-hybridized carbons (Fsp3) is 0.391. The fourth-order valence-electron chi connectivity index (χ4n) is 5.59. The van der Waals surface area contributed by atoms with Gasteiger partial charge in [0.15, 0.2) is 0 Å². The van der Waals surface area contributed by atoms with Gasteiger partial charge in [0.05, 0.1) is 11.6 Å². The summed E-state index contributed by atoms with van der Waals surface area (Å²) in [7, 11) is 0. The van der Waals surface area contributed by atoms with Gasteiger partial charge < -0.3 is 10.2 Å². The minimum Gasteiger partial charge on any atom is -0.365 e. The number of carbonyl (C=O) groups is 1. The zero-order valence-electron chi connectivity index (χ0n) is 17.6. The van der Waals surface area contributed by atoms with Crippen molar-refractivity contribution < 1.29 is 18.0 Å². The van der Waals surface area contributed by atoms with E-state index in [1.165, 1.54) is 17.4 Å². The number of nitrogens with one attached hydrogen (secondary N) is 1. The first kappa shape index (κ1) is 20.6. The molecule has 3 aliphatic rings. The summed E-state index contributed by atoms with van der Waals surface area (Å²) in [5, 5.41) is 5.89. The van der Waals surface area contributed by atoms with E-state index in [1.54, 1.807) is 12.4 Å². The van der Waals surface area contributed by atoms with E-state index in [4.69, 9.17) is 0 Å². The number of hydrogen-bond donors (Lipinski definition) is 1. The lowest BCUT2D eigenvalue weighted by Crippen LogP contribution is -2.60. The number of piperidine rings is 1. The molecule has 4 heterocycles. The van der Waals surface area contributed by atoms with Crippen LogP contribution in [-0.2, 0) is 6.18 Å². The van der Waals surface area contributed by atoms with Gasteiger partial charge in [0.25, 0.3) is 5.91 Å². The minimum absolute atomic E-state index is 0.0219.